The number of anilines is 2. The highest BCUT2D eigenvalue weighted by molar-refractivity contribution is 6.05. The first-order valence-electron chi connectivity index (χ1n) is 7.72. The summed E-state index contributed by atoms with van der Waals surface area (Å²) in [5.74, 6) is -0.298. The molecule has 132 valence electrons. The van der Waals surface area contributed by atoms with Gasteiger partial charge in [0.05, 0.1) is 7.11 Å². The topological polar surface area (TPSA) is 89.0 Å². The van der Waals surface area contributed by atoms with Gasteiger partial charge in [-0.15, -0.1) is 0 Å². The molecule has 26 heavy (non-hydrogen) atoms. The molecule has 0 aliphatic rings. The standard InChI is InChI=1S/C18H16FN5O2/c1-20-16-15(21-6-7-22-16)11-8-12(10-13(19)9-11)17(25)24-14-4-3-5-23-18(14)26-2/h3-10H,1-2H3,(H,20,22)(H,24,25). The van der Waals surface area contributed by atoms with Crippen LogP contribution in [0.15, 0.2) is 48.9 Å². The van der Waals surface area contributed by atoms with Crippen LogP contribution in [-0.2, 0) is 0 Å². The third-order valence-corrected chi connectivity index (χ3v) is 3.58. The molecule has 0 saturated heterocycles. The Labute approximate surface area is 149 Å². The quantitative estimate of drug-likeness (QED) is 0.733. The number of methoxy groups -OCH3 is 1. The molecular weight excluding hydrogens is 337 g/mol. The fourth-order valence-electron chi connectivity index (χ4n) is 2.43. The van der Waals surface area contributed by atoms with Crippen molar-refractivity contribution in [2.45, 2.75) is 0 Å². The summed E-state index contributed by atoms with van der Waals surface area (Å²) in [6, 6.07) is 7.30. The van der Waals surface area contributed by atoms with Crippen LogP contribution >= 0.6 is 0 Å². The van der Waals surface area contributed by atoms with E-state index in [1.165, 1.54) is 25.6 Å². The number of carbonyl (C=O) groups is 1. The molecule has 0 saturated carbocycles. The first-order valence-corrected chi connectivity index (χ1v) is 7.72. The number of pyridine rings is 1. The van der Waals surface area contributed by atoms with Gasteiger partial charge >= 0.3 is 0 Å². The SMILES string of the molecule is CNc1nccnc1-c1cc(F)cc(C(=O)Nc2cccnc2OC)c1. The molecule has 0 atom stereocenters. The molecule has 7 nitrogen and oxygen atoms in total. The van der Waals surface area contributed by atoms with E-state index in [-0.39, 0.29) is 11.4 Å². The predicted octanol–water partition coefficient (Wildman–Crippen LogP) is 2.98. The molecule has 2 aromatic heterocycles. The second kappa shape index (κ2) is 7.56. The zero-order chi connectivity index (χ0) is 18.5. The van der Waals surface area contributed by atoms with Crippen LogP contribution in [0, 0.1) is 5.82 Å². The first kappa shape index (κ1) is 17.3. The maximum absolute atomic E-state index is 14.1. The van der Waals surface area contributed by atoms with E-state index >= 15 is 0 Å². The van der Waals surface area contributed by atoms with Crippen molar-refractivity contribution in [3.63, 3.8) is 0 Å². The van der Waals surface area contributed by atoms with E-state index in [9.17, 15) is 9.18 Å². The number of benzene rings is 1. The van der Waals surface area contributed by atoms with Gasteiger partial charge in [0.1, 0.15) is 17.2 Å². The summed E-state index contributed by atoms with van der Waals surface area (Å²) in [5.41, 5.74) is 1.41. The lowest BCUT2D eigenvalue weighted by Gasteiger charge is -2.11. The molecular formula is C18H16FN5O2. The highest BCUT2D eigenvalue weighted by Crippen LogP contribution is 2.26. The number of nitrogens with one attached hydrogen (secondary N) is 2. The van der Waals surface area contributed by atoms with Crippen LogP contribution in [0.1, 0.15) is 10.4 Å². The molecule has 2 heterocycles. The third-order valence-electron chi connectivity index (χ3n) is 3.58. The maximum Gasteiger partial charge on any atom is 0.255 e. The Bertz CT molecular complexity index is 948. The minimum absolute atomic E-state index is 0.138. The Kier molecular flexibility index (Phi) is 5.02. The van der Waals surface area contributed by atoms with Crippen molar-refractivity contribution in [2.75, 3.05) is 24.8 Å². The van der Waals surface area contributed by atoms with Crippen molar-refractivity contribution in [1.82, 2.24) is 15.0 Å². The minimum atomic E-state index is -0.557. The smallest absolute Gasteiger partial charge is 0.255 e. The Morgan fingerprint density at radius 2 is 1.92 bits per heavy atom. The van der Waals surface area contributed by atoms with Gasteiger partial charge in [-0.05, 0) is 30.3 Å². The number of amides is 1. The van der Waals surface area contributed by atoms with Crippen LogP contribution in [0.2, 0.25) is 0 Å². The molecule has 1 amide bonds. The van der Waals surface area contributed by atoms with Gasteiger partial charge in [0.2, 0.25) is 5.88 Å². The summed E-state index contributed by atoms with van der Waals surface area (Å²) in [6.07, 6.45) is 4.57. The second-order valence-electron chi connectivity index (χ2n) is 5.25. The van der Waals surface area contributed by atoms with Gasteiger partial charge < -0.3 is 15.4 Å². The Morgan fingerprint density at radius 1 is 1.12 bits per heavy atom. The first-order chi connectivity index (χ1) is 12.6. The number of rotatable bonds is 5. The average molecular weight is 353 g/mol. The van der Waals surface area contributed by atoms with E-state index in [1.54, 1.807) is 31.4 Å². The lowest BCUT2D eigenvalue weighted by molar-refractivity contribution is 0.102. The highest BCUT2D eigenvalue weighted by Gasteiger charge is 2.15. The third kappa shape index (κ3) is 3.59. The number of hydrogen-bond donors (Lipinski definition) is 2. The van der Waals surface area contributed by atoms with Crippen LogP contribution in [0.3, 0.4) is 0 Å². The average Bonchev–Trinajstić information content (AvgIpc) is 2.67. The van der Waals surface area contributed by atoms with Crippen LogP contribution in [-0.4, -0.2) is 35.0 Å². The van der Waals surface area contributed by atoms with Gasteiger partial charge in [0.15, 0.2) is 5.82 Å². The van der Waals surface area contributed by atoms with Crippen molar-refractivity contribution < 1.29 is 13.9 Å². The van der Waals surface area contributed by atoms with Crippen molar-refractivity contribution in [1.29, 1.82) is 0 Å². The maximum atomic E-state index is 14.1. The number of carbonyl (C=O) groups excluding carboxylic acids is 1. The molecule has 0 spiro atoms. The Hall–Kier alpha value is -3.55. The molecule has 0 aliphatic heterocycles. The molecule has 0 unspecified atom stereocenters. The Balaban J connectivity index is 1.96. The summed E-state index contributed by atoms with van der Waals surface area (Å²) < 4.78 is 19.2. The molecule has 1 aromatic carbocycles. The largest absolute Gasteiger partial charge is 0.480 e. The van der Waals surface area contributed by atoms with Crippen LogP contribution < -0.4 is 15.4 Å². The van der Waals surface area contributed by atoms with Gasteiger partial charge in [0.25, 0.3) is 5.91 Å². The molecule has 3 aromatic rings. The monoisotopic (exact) mass is 353 g/mol. The second-order valence-corrected chi connectivity index (χ2v) is 5.25. The van der Waals surface area contributed by atoms with Crippen molar-refractivity contribution in [2.24, 2.45) is 0 Å². The molecule has 2 N–H and O–H groups in total. The van der Waals surface area contributed by atoms with Crippen LogP contribution in [0.4, 0.5) is 15.9 Å². The number of aromatic nitrogens is 3. The summed E-state index contributed by atoms with van der Waals surface area (Å²) in [5, 5.41) is 5.56. The van der Waals surface area contributed by atoms with E-state index in [4.69, 9.17) is 4.74 Å². The minimum Gasteiger partial charge on any atom is -0.480 e. The van der Waals surface area contributed by atoms with Crippen LogP contribution in [0.25, 0.3) is 11.3 Å². The van der Waals surface area contributed by atoms with Gasteiger partial charge in [-0.2, -0.15) is 0 Å². The van der Waals surface area contributed by atoms with Crippen molar-refractivity contribution in [3.8, 4) is 17.1 Å². The van der Waals surface area contributed by atoms with Gasteiger partial charge in [-0.1, -0.05) is 0 Å². The number of hydrogen-bond acceptors (Lipinski definition) is 6. The van der Waals surface area contributed by atoms with Gasteiger partial charge in [-0.25, -0.2) is 14.4 Å². The molecule has 3 rings (SSSR count). The lowest BCUT2D eigenvalue weighted by atomic mass is 10.1. The fraction of sp³-hybridized carbons (Fsp3) is 0.111. The zero-order valence-electron chi connectivity index (χ0n) is 14.2. The van der Waals surface area contributed by atoms with Gasteiger partial charge in [-0.3, -0.25) is 9.78 Å². The number of ether oxygens (including phenoxy) is 1. The van der Waals surface area contributed by atoms with Crippen molar-refractivity contribution in [3.05, 3.63) is 60.3 Å². The summed E-state index contributed by atoms with van der Waals surface area (Å²) in [7, 11) is 3.14. The summed E-state index contributed by atoms with van der Waals surface area (Å²) in [4.78, 5) is 24.9. The van der Waals surface area contributed by atoms with E-state index < -0.39 is 11.7 Å². The predicted molar refractivity (Wildman–Crippen MR) is 95.7 cm³/mol. The summed E-state index contributed by atoms with van der Waals surface area (Å²) >= 11 is 0. The molecule has 0 fully saturated rings. The number of nitrogens with zero attached hydrogens (tertiary/aromatic N) is 3. The Morgan fingerprint density at radius 3 is 2.69 bits per heavy atom. The fourth-order valence-corrected chi connectivity index (χ4v) is 2.43. The number of halogens is 1. The normalized spacial score (nSPS) is 10.3. The highest BCUT2D eigenvalue weighted by atomic mass is 19.1. The van der Waals surface area contributed by atoms with E-state index in [0.717, 1.165) is 6.07 Å². The van der Waals surface area contributed by atoms with Gasteiger partial charge in [0, 0.05) is 36.8 Å². The molecule has 0 radical (unpaired) electrons. The van der Waals surface area contributed by atoms with Crippen LogP contribution in [0.5, 0.6) is 5.88 Å². The summed E-state index contributed by atoms with van der Waals surface area (Å²) in [6.45, 7) is 0. The zero-order valence-corrected chi connectivity index (χ0v) is 14.2. The van der Waals surface area contributed by atoms with Crippen molar-refractivity contribution >= 4 is 17.4 Å². The lowest BCUT2D eigenvalue weighted by Crippen LogP contribution is -2.13. The van der Waals surface area contributed by atoms with E-state index in [0.29, 0.717) is 22.8 Å². The van der Waals surface area contributed by atoms with E-state index in [1.807, 2.05) is 0 Å². The molecule has 0 bridgehead atoms. The molecule has 0 aliphatic carbocycles. The van der Waals surface area contributed by atoms with E-state index in [2.05, 4.69) is 25.6 Å². The molecule has 8 heteroatoms.